The van der Waals surface area contributed by atoms with E-state index < -0.39 is 5.97 Å². The molecule has 23 heavy (non-hydrogen) atoms. The number of esters is 1. The molecule has 0 N–H and O–H groups in total. The van der Waals surface area contributed by atoms with Crippen LogP contribution in [-0.2, 0) is 4.79 Å². The first-order valence-corrected chi connectivity index (χ1v) is 7.74. The fourth-order valence-electron chi connectivity index (χ4n) is 2.18. The van der Waals surface area contributed by atoms with E-state index in [-0.39, 0.29) is 5.82 Å². The van der Waals surface area contributed by atoms with Crippen molar-refractivity contribution < 1.29 is 13.9 Å². The van der Waals surface area contributed by atoms with Crippen molar-refractivity contribution in [2.75, 3.05) is 0 Å². The third kappa shape index (κ3) is 4.05. The summed E-state index contributed by atoms with van der Waals surface area (Å²) in [6, 6.07) is 17.3. The molecule has 0 aromatic heterocycles. The van der Waals surface area contributed by atoms with Crippen LogP contribution in [0.5, 0.6) is 5.75 Å². The summed E-state index contributed by atoms with van der Waals surface area (Å²) in [6.07, 6.45) is 2.80. The fraction of sp³-hybridized carbons (Fsp3) is 0. The lowest BCUT2D eigenvalue weighted by atomic mass is 10.1. The van der Waals surface area contributed by atoms with Crippen LogP contribution >= 0.6 is 15.9 Å². The van der Waals surface area contributed by atoms with Gasteiger partial charge in [-0.3, -0.25) is 0 Å². The van der Waals surface area contributed by atoms with E-state index in [1.54, 1.807) is 24.3 Å². The number of rotatable bonds is 3. The molecule has 3 aromatic rings. The van der Waals surface area contributed by atoms with Crippen LogP contribution in [0, 0.1) is 5.82 Å². The van der Waals surface area contributed by atoms with Gasteiger partial charge in [-0.1, -0.05) is 40.2 Å². The zero-order valence-electron chi connectivity index (χ0n) is 12.0. The molecular formula is C19H12BrFO2. The molecule has 0 atom stereocenters. The highest BCUT2D eigenvalue weighted by molar-refractivity contribution is 9.10. The highest BCUT2D eigenvalue weighted by atomic mass is 79.9. The Morgan fingerprint density at radius 3 is 2.61 bits per heavy atom. The van der Waals surface area contributed by atoms with Crippen LogP contribution in [0.25, 0.3) is 16.8 Å². The second kappa shape index (κ2) is 6.75. The maximum atomic E-state index is 13.1. The third-order valence-electron chi connectivity index (χ3n) is 3.25. The molecule has 3 rings (SSSR count). The Kier molecular flexibility index (Phi) is 4.53. The van der Waals surface area contributed by atoms with Crippen LogP contribution in [0.1, 0.15) is 5.56 Å². The summed E-state index contributed by atoms with van der Waals surface area (Å²) in [5.74, 6) is -0.388. The predicted octanol–water partition coefficient (Wildman–Crippen LogP) is 5.36. The van der Waals surface area contributed by atoms with Gasteiger partial charge in [0.2, 0.25) is 0 Å². The number of halogens is 2. The second-order valence-electron chi connectivity index (χ2n) is 4.96. The Hall–Kier alpha value is -2.46. The first-order chi connectivity index (χ1) is 11.1. The van der Waals surface area contributed by atoms with Gasteiger partial charge >= 0.3 is 5.97 Å². The van der Waals surface area contributed by atoms with Crippen LogP contribution in [0.4, 0.5) is 4.39 Å². The van der Waals surface area contributed by atoms with Crippen LogP contribution in [0.3, 0.4) is 0 Å². The molecule has 0 aliphatic carbocycles. The van der Waals surface area contributed by atoms with E-state index in [1.165, 1.54) is 24.3 Å². The molecule has 3 aromatic carbocycles. The fourth-order valence-corrected chi connectivity index (χ4v) is 2.56. The van der Waals surface area contributed by atoms with Gasteiger partial charge < -0.3 is 4.74 Å². The van der Waals surface area contributed by atoms with Crippen LogP contribution in [-0.4, -0.2) is 5.97 Å². The number of carbonyl (C=O) groups excluding carboxylic acids is 1. The molecule has 0 amide bonds. The minimum absolute atomic E-state index is 0.346. The van der Waals surface area contributed by atoms with E-state index >= 15 is 0 Å². The normalized spacial score (nSPS) is 11.0. The minimum atomic E-state index is -0.509. The zero-order valence-corrected chi connectivity index (χ0v) is 13.6. The molecule has 0 unspecified atom stereocenters. The molecule has 0 radical (unpaired) electrons. The lowest BCUT2D eigenvalue weighted by Crippen LogP contribution is -2.03. The van der Waals surface area contributed by atoms with E-state index in [4.69, 9.17) is 4.74 Å². The summed E-state index contributed by atoms with van der Waals surface area (Å²) in [5, 5.41) is 2.03. The van der Waals surface area contributed by atoms with Gasteiger partial charge in [0.1, 0.15) is 11.6 Å². The van der Waals surface area contributed by atoms with Gasteiger partial charge in [-0.25, -0.2) is 9.18 Å². The Balaban J connectivity index is 1.73. The molecule has 0 aliphatic heterocycles. The summed E-state index contributed by atoms with van der Waals surface area (Å²) in [5.41, 5.74) is 0.602. The van der Waals surface area contributed by atoms with Gasteiger partial charge in [0.25, 0.3) is 0 Å². The van der Waals surface area contributed by atoms with Gasteiger partial charge in [-0.15, -0.1) is 0 Å². The molecular weight excluding hydrogens is 359 g/mol. The van der Waals surface area contributed by atoms with E-state index in [0.717, 1.165) is 15.2 Å². The van der Waals surface area contributed by atoms with E-state index in [1.807, 2.05) is 24.3 Å². The highest BCUT2D eigenvalue weighted by Gasteiger charge is 2.03. The third-order valence-corrected chi connectivity index (χ3v) is 3.75. The number of ether oxygens (including phenoxy) is 1. The van der Waals surface area contributed by atoms with Crippen molar-refractivity contribution in [1.82, 2.24) is 0 Å². The molecule has 0 spiro atoms. The van der Waals surface area contributed by atoms with Crippen molar-refractivity contribution in [2.24, 2.45) is 0 Å². The number of hydrogen-bond acceptors (Lipinski definition) is 2. The SMILES string of the molecule is O=C(/C=C/c1cccc(F)c1)Oc1ccc2cc(Br)ccc2c1. The molecule has 0 fully saturated rings. The maximum Gasteiger partial charge on any atom is 0.336 e. The molecule has 0 aliphatic rings. The largest absolute Gasteiger partial charge is 0.423 e. The molecule has 0 saturated carbocycles. The smallest absolute Gasteiger partial charge is 0.336 e. The van der Waals surface area contributed by atoms with Crippen LogP contribution in [0.2, 0.25) is 0 Å². The molecule has 4 heteroatoms. The topological polar surface area (TPSA) is 26.3 Å². The van der Waals surface area contributed by atoms with Crippen molar-refractivity contribution in [2.45, 2.75) is 0 Å². The first kappa shape index (κ1) is 15.4. The van der Waals surface area contributed by atoms with Gasteiger partial charge in [-0.05, 0) is 58.8 Å². The molecule has 0 saturated heterocycles. The van der Waals surface area contributed by atoms with Gasteiger partial charge in [0, 0.05) is 10.5 Å². The summed E-state index contributed by atoms with van der Waals surface area (Å²) in [7, 11) is 0. The van der Waals surface area contributed by atoms with Crippen molar-refractivity contribution in [3.8, 4) is 5.75 Å². The van der Waals surface area contributed by atoms with Crippen molar-refractivity contribution in [1.29, 1.82) is 0 Å². The summed E-state index contributed by atoms with van der Waals surface area (Å²) < 4.78 is 19.3. The average molecular weight is 371 g/mol. The second-order valence-corrected chi connectivity index (χ2v) is 5.88. The first-order valence-electron chi connectivity index (χ1n) is 6.95. The van der Waals surface area contributed by atoms with Crippen LogP contribution in [0.15, 0.2) is 71.2 Å². The van der Waals surface area contributed by atoms with Crippen molar-refractivity contribution >= 4 is 38.7 Å². The standard InChI is InChI=1S/C19H12BrFO2/c20-16-7-5-15-12-18(8-6-14(15)11-16)23-19(22)9-4-13-2-1-3-17(21)10-13/h1-12H/b9-4+. The van der Waals surface area contributed by atoms with Crippen LogP contribution < -0.4 is 4.74 Å². The minimum Gasteiger partial charge on any atom is -0.423 e. The van der Waals surface area contributed by atoms with Gasteiger partial charge in [0.05, 0.1) is 0 Å². The predicted molar refractivity (Wildman–Crippen MR) is 92.7 cm³/mol. The summed E-state index contributed by atoms with van der Waals surface area (Å²) >= 11 is 3.42. The van der Waals surface area contributed by atoms with Gasteiger partial charge in [0.15, 0.2) is 0 Å². The van der Waals surface area contributed by atoms with Crippen molar-refractivity contribution in [3.63, 3.8) is 0 Å². The molecule has 2 nitrogen and oxygen atoms in total. The zero-order chi connectivity index (χ0) is 16.2. The van der Waals surface area contributed by atoms with E-state index in [2.05, 4.69) is 15.9 Å². The summed E-state index contributed by atoms with van der Waals surface area (Å²) in [4.78, 5) is 11.9. The average Bonchev–Trinajstić information content (AvgIpc) is 2.53. The van der Waals surface area contributed by atoms with E-state index in [9.17, 15) is 9.18 Å². The van der Waals surface area contributed by atoms with Gasteiger partial charge in [-0.2, -0.15) is 0 Å². The Morgan fingerprint density at radius 1 is 1.00 bits per heavy atom. The Morgan fingerprint density at radius 2 is 1.78 bits per heavy atom. The van der Waals surface area contributed by atoms with E-state index in [0.29, 0.717) is 11.3 Å². The lowest BCUT2D eigenvalue weighted by molar-refractivity contribution is -0.128. The Bertz CT molecular complexity index is 903. The lowest BCUT2D eigenvalue weighted by Gasteiger charge is -2.04. The van der Waals surface area contributed by atoms with Crippen molar-refractivity contribution in [3.05, 3.63) is 82.6 Å². The quantitative estimate of drug-likeness (QED) is 0.352. The number of fused-ring (bicyclic) bond motifs is 1. The number of carbonyl (C=O) groups is 1. The molecule has 0 heterocycles. The number of benzene rings is 3. The highest BCUT2D eigenvalue weighted by Crippen LogP contribution is 2.24. The maximum absolute atomic E-state index is 13.1. The number of hydrogen-bond donors (Lipinski definition) is 0. The monoisotopic (exact) mass is 370 g/mol. The Labute approximate surface area is 141 Å². The molecule has 114 valence electrons. The summed E-state index contributed by atoms with van der Waals surface area (Å²) in [6.45, 7) is 0. The molecule has 0 bridgehead atoms.